The minimum atomic E-state index is 0.421. The molecule has 0 bridgehead atoms. The van der Waals surface area contributed by atoms with Crippen LogP contribution in [0, 0.1) is 11.3 Å². The largest absolute Gasteiger partial charge is 0.457 e. The van der Waals surface area contributed by atoms with E-state index in [1.807, 2.05) is 66.1 Å². The van der Waals surface area contributed by atoms with Gasteiger partial charge in [0.2, 0.25) is 0 Å². The fourth-order valence-corrected chi connectivity index (χ4v) is 7.44. The zero-order chi connectivity index (χ0) is 29.8. The summed E-state index contributed by atoms with van der Waals surface area (Å²) in [5, 5.41) is 12.8. The lowest BCUT2D eigenvalue weighted by Gasteiger charge is -2.31. The van der Waals surface area contributed by atoms with E-state index in [-0.39, 0.29) is 0 Å². The van der Waals surface area contributed by atoms with Crippen LogP contribution >= 0.6 is 22.9 Å². The number of H-pyrrole nitrogens is 1. The molecule has 1 N–H and O–H groups in total. The summed E-state index contributed by atoms with van der Waals surface area (Å²) >= 11 is 7.90. The van der Waals surface area contributed by atoms with Crippen LogP contribution in [0.4, 0.5) is 0 Å². The molecule has 220 valence electrons. The SMILES string of the molecule is CC(C)c1sc(C2CCN(CCCCc3c(C#N)ccc4[nH]ccc34)CC2)nc1-c1ccc(Oc2ccc(Cl)cc2)cc1. The van der Waals surface area contributed by atoms with Gasteiger partial charge in [0, 0.05) is 38.5 Å². The van der Waals surface area contributed by atoms with Gasteiger partial charge in [0.05, 0.1) is 22.3 Å². The maximum absolute atomic E-state index is 9.59. The standard InChI is InChI=1S/C36H37ClN4OS/c1-24(2)35-34(25-6-11-29(12-7-25)42-30-13-9-28(37)10-14-30)40-36(43-35)26-17-21-41(22-18-26)20-4-3-5-31-27(23-38)8-15-33-32(31)16-19-39-33/h6-16,19,24,26,39H,3-5,17-18,20-22H2,1-2H3. The number of nitrogens with zero attached hydrogens (tertiary/aromatic N) is 3. The van der Waals surface area contributed by atoms with Crippen LogP contribution < -0.4 is 4.74 Å². The molecule has 1 saturated heterocycles. The number of halogens is 1. The van der Waals surface area contributed by atoms with Crippen LogP contribution in [0.1, 0.15) is 72.4 Å². The highest BCUT2D eigenvalue weighted by molar-refractivity contribution is 7.12. The number of nitriles is 1. The van der Waals surface area contributed by atoms with Gasteiger partial charge in [0.25, 0.3) is 0 Å². The fourth-order valence-electron chi connectivity index (χ4n) is 6.05. The minimum absolute atomic E-state index is 0.421. The normalized spacial score (nSPS) is 14.4. The molecule has 7 heteroatoms. The number of aromatic amines is 1. The number of hydrogen-bond donors (Lipinski definition) is 1. The molecule has 0 atom stereocenters. The third-order valence-corrected chi connectivity index (χ3v) is 10.2. The molecule has 5 nitrogen and oxygen atoms in total. The zero-order valence-electron chi connectivity index (χ0n) is 24.8. The molecule has 3 aromatic carbocycles. The maximum atomic E-state index is 9.59. The lowest BCUT2D eigenvalue weighted by Crippen LogP contribution is -2.33. The Morgan fingerprint density at radius 3 is 2.42 bits per heavy atom. The lowest BCUT2D eigenvalue weighted by atomic mass is 9.96. The summed E-state index contributed by atoms with van der Waals surface area (Å²) in [4.78, 5) is 12.5. The summed E-state index contributed by atoms with van der Waals surface area (Å²) < 4.78 is 6.00. The summed E-state index contributed by atoms with van der Waals surface area (Å²) in [6.45, 7) is 7.87. The van der Waals surface area contributed by atoms with Crippen LogP contribution in [0.5, 0.6) is 11.5 Å². The number of nitrogens with one attached hydrogen (secondary N) is 1. The van der Waals surface area contributed by atoms with Crippen molar-refractivity contribution in [1.29, 1.82) is 5.26 Å². The van der Waals surface area contributed by atoms with E-state index in [0.717, 1.165) is 85.6 Å². The van der Waals surface area contributed by atoms with Crippen LogP contribution in [0.3, 0.4) is 0 Å². The van der Waals surface area contributed by atoms with Crippen molar-refractivity contribution in [3.8, 4) is 28.8 Å². The monoisotopic (exact) mass is 608 g/mol. The molecule has 6 rings (SSSR count). The third-order valence-electron chi connectivity index (χ3n) is 8.43. The average Bonchev–Trinajstić information content (AvgIpc) is 3.69. The second kappa shape index (κ2) is 13.3. The lowest BCUT2D eigenvalue weighted by molar-refractivity contribution is 0.209. The fraction of sp³-hybridized carbons (Fsp3) is 0.333. The van der Waals surface area contributed by atoms with Crippen LogP contribution in [0.2, 0.25) is 5.02 Å². The van der Waals surface area contributed by atoms with Crippen LogP contribution in [0.25, 0.3) is 22.2 Å². The highest BCUT2D eigenvalue weighted by Gasteiger charge is 2.26. The van der Waals surface area contributed by atoms with Gasteiger partial charge < -0.3 is 14.6 Å². The number of piperidine rings is 1. The first-order valence-electron chi connectivity index (χ1n) is 15.2. The number of ether oxygens (including phenoxy) is 1. The van der Waals surface area contributed by atoms with E-state index >= 15 is 0 Å². The van der Waals surface area contributed by atoms with Gasteiger partial charge in [-0.15, -0.1) is 11.3 Å². The summed E-state index contributed by atoms with van der Waals surface area (Å²) in [5.74, 6) is 2.51. The highest BCUT2D eigenvalue weighted by Crippen LogP contribution is 2.40. The van der Waals surface area contributed by atoms with Crippen molar-refractivity contribution in [2.75, 3.05) is 19.6 Å². The number of likely N-dealkylation sites (tertiary alicyclic amines) is 1. The number of fused-ring (bicyclic) bond motifs is 1. The number of unbranched alkanes of at least 4 members (excludes halogenated alkanes) is 1. The predicted octanol–water partition coefficient (Wildman–Crippen LogP) is 9.93. The first-order chi connectivity index (χ1) is 21.0. The molecule has 1 aliphatic rings. The Bertz CT molecular complexity index is 1710. The second-order valence-electron chi connectivity index (χ2n) is 11.7. The van der Waals surface area contributed by atoms with Crippen molar-refractivity contribution in [2.45, 2.75) is 57.8 Å². The van der Waals surface area contributed by atoms with Gasteiger partial charge >= 0.3 is 0 Å². The van der Waals surface area contributed by atoms with E-state index < -0.39 is 0 Å². The van der Waals surface area contributed by atoms with E-state index in [0.29, 0.717) is 16.9 Å². The number of rotatable bonds is 10. The van der Waals surface area contributed by atoms with Crippen molar-refractivity contribution in [1.82, 2.24) is 14.9 Å². The van der Waals surface area contributed by atoms with E-state index in [9.17, 15) is 5.26 Å². The Hall–Kier alpha value is -3.63. The van der Waals surface area contributed by atoms with E-state index in [1.165, 1.54) is 20.8 Å². The van der Waals surface area contributed by atoms with E-state index in [2.05, 4.69) is 48.0 Å². The average molecular weight is 609 g/mol. The third kappa shape index (κ3) is 6.80. The maximum Gasteiger partial charge on any atom is 0.127 e. The second-order valence-corrected chi connectivity index (χ2v) is 13.2. The predicted molar refractivity (Wildman–Crippen MR) is 178 cm³/mol. The van der Waals surface area contributed by atoms with Gasteiger partial charge in [-0.1, -0.05) is 25.4 Å². The zero-order valence-corrected chi connectivity index (χ0v) is 26.3. The first kappa shape index (κ1) is 29.4. The molecule has 43 heavy (non-hydrogen) atoms. The molecule has 0 spiro atoms. The van der Waals surface area contributed by atoms with Gasteiger partial charge in [-0.25, -0.2) is 4.98 Å². The quantitative estimate of drug-likeness (QED) is 0.160. The Labute approximate surface area is 263 Å². The summed E-state index contributed by atoms with van der Waals surface area (Å²) in [6.07, 6.45) is 7.45. The molecule has 1 aliphatic heterocycles. The van der Waals surface area contributed by atoms with E-state index in [4.69, 9.17) is 21.3 Å². The van der Waals surface area contributed by atoms with Crippen molar-refractivity contribution in [3.05, 3.63) is 99.0 Å². The van der Waals surface area contributed by atoms with Crippen LogP contribution in [-0.2, 0) is 6.42 Å². The molecular formula is C36H37ClN4OS. The van der Waals surface area contributed by atoms with Gasteiger partial charge in [0.15, 0.2) is 0 Å². The molecule has 0 aliphatic carbocycles. The van der Waals surface area contributed by atoms with Crippen LogP contribution in [0.15, 0.2) is 72.9 Å². The molecule has 0 saturated carbocycles. The number of benzene rings is 3. The Morgan fingerprint density at radius 2 is 1.72 bits per heavy atom. The molecule has 2 aromatic heterocycles. The molecule has 0 amide bonds. The first-order valence-corrected chi connectivity index (χ1v) is 16.4. The number of hydrogen-bond acceptors (Lipinski definition) is 5. The van der Waals surface area contributed by atoms with Gasteiger partial charge in [-0.3, -0.25) is 0 Å². The summed E-state index contributed by atoms with van der Waals surface area (Å²) in [5.41, 5.74) is 5.36. The highest BCUT2D eigenvalue weighted by atomic mass is 35.5. The van der Waals surface area contributed by atoms with Gasteiger partial charge in [-0.05, 0) is 130 Å². The molecule has 5 aromatic rings. The molecule has 0 unspecified atom stereocenters. The number of thiazole rings is 1. The molecule has 1 fully saturated rings. The Morgan fingerprint density at radius 1 is 1.00 bits per heavy atom. The smallest absolute Gasteiger partial charge is 0.127 e. The Kier molecular flexibility index (Phi) is 9.14. The van der Waals surface area contributed by atoms with Crippen molar-refractivity contribution in [3.63, 3.8) is 0 Å². The Balaban J connectivity index is 1.04. The number of aromatic nitrogens is 2. The van der Waals surface area contributed by atoms with Gasteiger partial charge in [-0.2, -0.15) is 5.26 Å². The summed E-state index contributed by atoms with van der Waals surface area (Å²) in [7, 11) is 0. The molecule has 0 radical (unpaired) electrons. The minimum Gasteiger partial charge on any atom is -0.457 e. The van der Waals surface area contributed by atoms with Crippen LogP contribution in [-0.4, -0.2) is 34.5 Å². The summed E-state index contributed by atoms with van der Waals surface area (Å²) in [6, 6.07) is 24.1. The molecular weight excluding hydrogens is 572 g/mol. The van der Waals surface area contributed by atoms with Gasteiger partial charge in [0.1, 0.15) is 11.5 Å². The number of aryl methyl sites for hydroxylation is 1. The van der Waals surface area contributed by atoms with Crippen molar-refractivity contribution >= 4 is 33.8 Å². The van der Waals surface area contributed by atoms with Crippen molar-refractivity contribution < 1.29 is 4.74 Å². The van der Waals surface area contributed by atoms with Crippen molar-refractivity contribution in [2.24, 2.45) is 0 Å². The van der Waals surface area contributed by atoms with E-state index in [1.54, 1.807) is 0 Å². The molecule has 3 heterocycles. The topological polar surface area (TPSA) is 64.9 Å².